The second-order valence-corrected chi connectivity index (χ2v) is 15.0. The van der Waals surface area contributed by atoms with Gasteiger partial charge >= 0.3 is 0 Å². The topological polar surface area (TPSA) is 22.8 Å². The van der Waals surface area contributed by atoms with Gasteiger partial charge in [0, 0.05) is 21.7 Å². The van der Waals surface area contributed by atoms with Gasteiger partial charge in [0.25, 0.3) is 0 Å². The Morgan fingerprint density at radius 1 is 0.509 bits per heavy atom. The lowest BCUT2D eigenvalue weighted by Crippen LogP contribution is -2.28. The molecule has 0 fully saturated rings. The lowest BCUT2D eigenvalue weighted by molar-refractivity contribution is 0.911. The largest absolute Gasteiger partial charge is 0.310 e. The summed E-state index contributed by atoms with van der Waals surface area (Å²) in [5.41, 5.74) is 14.4. The third-order valence-electron chi connectivity index (χ3n) is 11.7. The highest BCUT2D eigenvalue weighted by Crippen LogP contribution is 2.34. The van der Waals surface area contributed by atoms with E-state index in [0.29, 0.717) is 0 Å². The third kappa shape index (κ3) is 5.79. The molecule has 3 nitrogen and oxygen atoms in total. The van der Waals surface area contributed by atoms with Crippen LogP contribution in [0, 0.1) is 0 Å². The summed E-state index contributed by atoms with van der Waals surface area (Å²) in [6.07, 6.45) is 21.0. The number of nitrogens with zero attached hydrogens (tertiary/aromatic N) is 3. The first-order chi connectivity index (χ1) is 28.3. The number of rotatable bonds is 5. The summed E-state index contributed by atoms with van der Waals surface area (Å²) in [5.74, 6) is 0. The number of para-hydroxylation sites is 1. The van der Waals surface area contributed by atoms with Crippen LogP contribution < -0.4 is 10.6 Å². The van der Waals surface area contributed by atoms with E-state index in [4.69, 9.17) is 5.10 Å². The van der Waals surface area contributed by atoms with E-state index in [0.717, 1.165) is 41.5 Å². The summed E-state index contributed by atoms with van der Waals surface area (Å²) in [6, 6.07) is 55.2. The number of aromatic nitrogens is 3. The summed E-state index contributed by atoms with van der Waals surface area (Å²) in [5, 5.41) is 12.4. The Bertz CT molecular complexity index is 3250. The molecule has 0 bridgehead atoms. The fraction of sp³-hybridized carbons (Fsp3) is 0.0556. The van der Waals surface area contributed by atoms with Crippen LogP contribution in [0.1, 0.15) is 29.5 Å². The van der Waals surface area contributed by atoms with Crippen molar-refractivity contribution in [1.82, 2.24) is 14.3 Å². The van der Waals surface area contributed by atoms with Crippen molar-refractivity contribution in [3.63, 3.8) is 0 Å². The SMILES string of the molecule is C1=C/C(c2cc(-c3ccccc3)cc(-c3cccc(-n4c5c(c6c7cnn(-c8ccccc8)c7ccc64)=Cc4ccc6ccccc6c4CC=5)c3)c2)=C\C/C=C\C1. The average molecular weight is 730 g/mol. The molecule has 2 heterocycles. The normalized spacial score (nSPS) is 15.1. The maximum absolute atomic E-state index is 4.97. The molecule has 57 heavy (non-hydrogen) atoms. The number of fused-ring (bicyclic) bond motifs is 8. The number of benzene rings is 7. The Labute approximate surface area is 331 Å². The molecule has 9 aromatic rings. The maximum atomic E-state index is 4.97. The number of allylic oxidation sites excluding steroid dienone is 6. The highest BCUT2D eigenvalue weighted by atomic mass is 15.3. The quantitative estimate of drug-likeness (QED) is 0.162. The minimum absolute atomic E-state index is 0.836. The summed E-state index contributed by atoms with van der Waals surface area (Å²) < 4.78 is 4.54. The van der Waals surface area contributed by atoms with Gasteiger partial charge in [0.2, 0.25) is 0 Å². The van der Waals surface area contributed by atoms with Crippen LogP contribution in [0.15, 0.2) is 188 Å². The lowest BCUT2D eigenvalue weighted by Gasteiger charge is -2.14. The van der Waals surface area contributed by atoms with Crippen LogP contribution in [0.2, 0.25) is 0 Å². The Hall–Kier alpha value is -7.23. The van der Waals surface area contributed by atoms with Crippen molar-refractivity contribution < 1.29 is 0 Å². The van der Waals surface area contributed by atoms with Crippen LogP contribution >= 0.6 is 0 Å². The Kier molecular flexibility index (Phi) is 8.03. The second-order valence-electron chi connectivity index (χ2n) is 15.0. The number of hydrogen-bond acceptors (Lipinski definition) is 1. The lowest BCUT2D eigenvalue weighted by atomic mass is 9.92. The van der Waals surface area contributed by atoms with Crippen LogP contribution in [0.5, 0.6) is 0 Å². The highest BCUT2D eigenvalue weighted by Gasteiger charge is 2.19. The fourth-order valence-corrected chi connectivity index (χ4v) is 8.93. The zero-order valence-corrected chi connectivity index (χ0v) is 31.5. The van der Waals surface area contributed by atoms with Crippen LogP contribution in [0.3, 0.4) is 0 Å². The molecule has 0 saturated heterocycles. The van der Waals surface area contributed by atoms with Crippen LogP contribution in [0.25, 0.3) is 83.9 Å². The molecule has 0 unspecified atom stereocenters. The third-order valence-corrected chi connectivity index (χ3v) is 11.7. The second kappa shape index (κ2) is 13.8. The van der Waals surface area contributed by atoms with Gasteiger partial charge in [-0.3, -0.25) is 0 Å². The fourth-order valence-electron chi connectivity index (χ4n) is 8.93. The van der Waals surface area contributed by atoms with E-state index in [1.54, 1.807) is 0 Å². The molecule has 0 aliphatic heterocycles. The molecular weight excluding hydrogens is 691 g/mol. The first-order valence-electron chi connectivity index (χ1n) is 19.9. The molecule has 3 heteroatoms. The van der Waals surface area contributed by atoms with Gasteiger partial charge in [-0.2, -0.15) is 5.10 Å². The van der Waals surface area contributed by atoms with E-state index in [1.165, 1.54) is 76.8 Å². The standard InChI is InChI=1S/C54H39N3/c1-2-6-15-37(16-7-3-1)42-31-43(38-17-8-4-9-18-38)33-44(32-42)40-20-14-23-46(34-40)56-51-28-27-48-41(26-25-39-19-12-13-24-47(39)48)35-49(51)54-50-36-55-57(45-21-10-5-11-22-45)52(50)29-30-53(54)56/h1-2,4-5,7-26,28-36H,3,6,27H2/b2-1-,16-7?,37-15+. The summed E-state index contributed by atoms with van der Waals surface area (Å²) in [6.45, 7) is 0. The first kappa shape index (κ1) is 33.1. The first-order valence-corrected chi connectivity index (χ1v) is 19.9. The molecule has 270 valence electrons. The zero-order chi connectivity index (χ0) is 37.7. The molecule has 2 aliphatic carbocycles. The molecular formula is C54H39N3. The molecule has 0 amide bonds. The average Bonchev–Trinajstić information content (AvgIpc) is 3.76. The van der Waals surface area contributed by atoms with E-state index < -0.39 is 0 Å². The van der Waals surface area contributed by atoms with Crippen LogP contribution in [-0.2, 0) is 6.42 Å². The van der Waals surface area contributed by atoms with Gasteiger partial charge in [0.1, 0.15) is 0 Å². The predicted molar refractivity (Wildman–Crippen MR) is 239 cm³/mol. The van der Waals surface area contributed by atoms with Gasteiger partial charge in [0.15, 0.2) is 0 Å². The molecule has 0 N–H and O–H groups in total. The van der Waals surface area contributed by atoms with E-state index in [9.17, 15) is 0 Å². The van der Waals surface area contributed by atoms with Gasteiger partial charge in [-0.05, 0) is 135 Å². The van der Waals surface area contributed by atoms with Gasteiger partial charge in [-0.25, -0.2) is 4.68 Å². The summed E-state index contributed by atoms with van der Waals surface area (Å²) in [7, 11) is 0. The Morgan fingerprint density at radius 3 is 2.14 bits per heavy atom. The van der Waals surface area contributed by atoms with E-state index in [2.05, 4.69) is 210 Å². The highest BCUT2D eigenvalue weighted by molar-refractivity contribution is 6.07. The molecule has 2 aliphatic rings. The molecule has 2 aromatic heterocycles. The summed E-state index contributed by atoms with van der Waals surface area (Å²) in [4.78, 5) is 0. The van der Waals surface area contributed by atoms with Crippen LogP contribution in [0.4, 0.5) is 0 Å². The van der Waals surface area contributed by atoms with E-state index in [-0.39, 0.29) is 0 Å². The van der Waals surface area contributed by atoms with Crippen molar-refractivity contribution in [1.29, 1.82) is 0 Å². The van der Waals surface area contributed by atoms with Gasteiger partial charge in [-0.15, -0.1) is 0 Å². The van der Waals surface area contributed by atoms with Gasteiger partial charge < -0.3 is 4.57 Å². The Balaban J connectivity index is 1.15. The van der Waals surface area contributed by atoms with E-state index in [1.807, 2.05) is 0 Å². The van der Waals surface area contributed by atoms with Crippen molar-refractivity contribution in [3.05, 3.63) is 215 Å². The molecule has 0 radical (unpaired) electrons. The number of hydrogen-bond donors (Lipinski definition) is 0. The van der Waals surface area contributed by atoms with Crippen molar-refractivity contribution in [2.24, 2.45) is 0 Å². The van der Waals surface area contributed by atoms with E-state index >= 15 is 0 Å². The minimum atomic E-state index is 0.836. The molecule has 0 spiro atoms. The molecule has 11 rings (SSSR count). The maximum Gasteiger partial charge on any atom is 0.0748 e. The van der Waals surface area contributed by atoms with Crippen molar-refractivity contribution >= 4 is 50.3 Å². The zero-order valence-electron chi connectivity index (χ0n) is 31.5. The predicted octanol–water partition coefficient (Wildman–Crippen LogP) is 11.9. The monoisotopic (exact) mass is 729 g/mol. The molecule has 7 aromatic carbocycles. The minimum Gasteiger partial charge on any atom is -0.310 e. The molecule has 0 atom stereocenters. The summed E-state index contributed by atoms with van der Waals surface area (Å²) >= 11 is 0. The van der Waals surface area contributed by atoms with Gasteiger partial charge in [-0.1, -0.05) is 134 Å². The smallest absolute Gasteiger partial charge is 0.0748 e. The van der Waals surface area contributed by atoms with Crippen molar-refractivity contribution in [2.75, 3.05) is 0 Å². The van der Waals surface area contributed by atoms with Crippen LogP contribution in [-0.4, -0.2) is 14.3 Å². The Morgan fingerprint density at radius 2 is 1.25 bits per heavy atom. The van der Waals surface area contributed by atoms with Crippen molar-refractivity contribution in [2.45, 2.75) is 19.3 Å². The van der Waals surface area contributed by atoms with Crippen molar-refractivity contribution in [3.8, 4) is 33.6 Å². The molecule has 0 saturated carbocycles. The van der Waals surface area contributed by atoms with Gasteiger partial charge in [0.05, 0.1) is 28.3 Å².